The number of hydrogen-bond acceptors (Lipinski definition) is 2. The van der Waals surface area contributed by atoms with E-state index < -0.39 is 0 Å². The number of rotatable bonds is 4. The van der Waals surface area contributed by atoms with Gasteiger partial charge in [-0.25, -0.2) is 0 Å². The molecule has 1 amide bonds. The second-order valence-electron chi connectivity index (χ2n) is 6.15. The SMILES string of the molecule is O=C(NCC1=CCNCC1)C1(c2ccccc2)CCCC1. The Balaban J connectivity index is 1.72. The maximum absolute atomic E-state index is 12.9. The highest BCUT2D eigenvalue weighted by molar-refractivity contribution is 5.88. The van der Waals surface area contributed by atoms with Crippen LogP contribution in [0.15, 0.2) is 42.0 Å². The van der Waals surface area contributed by atoms with Crippen LogP contribution in [-0.4, -0.2) is 25.5 Å². The molecule has 112 valence electrons. The fraction of sp³-hybridized carbons (Fsp3) is 0.500. The normalized spacial score (nSPS) is 20.9. The quantitative estimate of drug-likeness (QED) is 0.834. The molecule has 0 spiro atoms. The van der Waals surface area contributed by atoms with E-state index in [-0.39, 0.29) is 11.3 Å². The van der Waals surface area contributed by atoms with Gasteiger partial charge in [0.1, 0.15) is 0 Å². The molecule has 1 aliphatic heterocycles. The van der Waals surface area contributed by atoms with Crippen LogP contribution in [0.3, 0.4) is 0 Å². The van der Waals surface area contributed by atoms with E-state index in [9.17, 15) is 4.79 Å². The third-order valence-corrected chi connectivity index (χ3v) is 4.85. The summed E-state index contributed by atoms with van der Waals surface area (Å²) in [7, 11) is 0. The van der Waals surface area contributed by atoms with Crippen LogP contribution in [0.4, 0.5) is 0 Å². The largest absolute Gasteiger partial charge is 0.352 e. The summed E-state index contributed by atoms with van der Waals surface area (Å²) in [6.07, 6.45) is 7.49. The first-order valence-corrected chi connectivity index (χ1v) is 8.04. The predicted molar refractivity (Wildman–Crippen MR) is 85.2 cm³/mol. The molecule has 0 aromatic heterocycles. The van der Waals surface area contributed by atoms with Gasteiger partial charge in [0.25, 0.3) is 0 Å². The van der Waals surface area contributed by atoms with E-state index in [1.54, 1.807) is 0 Å². The van der Waals surface area contributed by atoms with Gasteiger partial charge in [0.05, 0.1) is 5.41 Å². The van der Waals surface area contributed by atoms with E-state index in [4.69, 9.17) is 0 Å². The molecule has 1 saturated carbocycles. The minimum atomic E-state index is -0.297. The van der Waals surface area contributed by atoms with Gasteiger partial charge in [0.15, 0.2) is 0 Å². The standard InChI is InChI=1S/C18H24N2O/c21-17(20-14-15-8-12-19-13-9-15)18(10-4-5-11-18)16-6-2-1-3-7-16/h1-3,6-8,19H,4-5,9-14H2,(H,20,21). The van der Waals surface area contributed by atoms with Crippen molar-refractivity contribution in [3.05, 3.63) is 47.5 Å². The first kappa shape index (κ1) is 14.3. The van der Waals surface area contributed by atoms with E-state index >= 15 is 0 Å². The first-order valence-electron chi connectivity index (χ1n) is 8.04. The summed E-state index contributed by atoms with van der Waals surface area (Å²) in [4.78, 5) is 12.9. The van der Waals surface area contributed by atoms with Crippen molar-refractivity contribution in [3.63, 3.8) is 0 Å². The zero-order valence-corrected chi connectivity index (χ0v) is 12.5. The fourth-order valence-corrected chi connectivity index (χ4v) is 3.58. The molecule has 3 rings (SSSR count). The van der Waals surface area contributed by atoms with Gasteiger partial charge >= 0.3 is 0 Å². The number of amides is 1. The van der Waals surface area contributed by atoms with Gasteiger partial charge < -0.3 is 10.6 Å². The number of carbonyl (C=O) groups is 1. The van der Waals surface area contributed by atoms with E-state index in [1.807, 2.05) is 18.2 Å². The minimum absolute atomic E-state index is 0.214. The van der Waals surface area contributed by atoms with E-state index in [0.29, 0.717) is 6.54 Å². The predicted octanol–water partition coefficient (Wildman–Crippen LogP) is 2.53. The van der Waals surface area contributed by atoms with Crippen molar-refractivity contribution < 1.29 is 4.79 Å². The molecule has 1 aliphatic carbocycles. The van der Waals surface area contributed by atoms with Crippen LogP contribution >= 0.6 is 0 Å². The molecule has 0 atom stereocenters. The fourth-order valence-electron chi connectivity index (χ4n) is 3.58. The molecule has 0 saturated heterocycles. The molecular formula is C18H24N2O. The molecule has 21 heavy (non-hydrogen) atoms. The highest BCUT2D eigenvalue weighted by Gasteiger charge is 2.42. The molecule has 1 fully saturated rings. The van der Waals surface area contributed by atoms with Crippen LogP contribution in [0, 0.1) is 0 Å². The molecular weight excluding hydrogens is 260 g/mol. The van der Waals surface area contributed by atoms with Gasteiger partial charge in [-0.1, -0.05) is 54.8 Å². The van der Waals surface area contributed by atoms with Crippen LogP contribution in [0.2, 0.25) is 0 Å². The average molecular weight is 284 g/mol. The van der Waals surface area contributed by atoms with Crippen molar-refractivity contribution in [3.8, 4) is 0 Å². The maximum Gasteiger partial charge on any atom is 0.230 e. The third-order valence-electron chi connectivity index (χ3n) is 4.85. The Morgan fingerprint density at radius 2 is 1.95 bits per heavy atom. The average Bonchev–Trinajstić information content (AvgIpc) is 3.05. The lowest BCUT2D eigenvalue weighted by atomic mass is 9.78. The summed E-state index contributed by atoms with van der Waals surface area (Å²) in [6, 6.07) is 10.3. The molecule has 1 aromatic carbocycles. The van der Waals surface area contributed by atoms with Crippen molar-refractivity contribution >= 4 is 5.91 Å². The van der Waals surface area contributed by atoms with Crippen molar-refractivity contribution in [2.24, 2.45) is 0 Å². The Morgan fingerprint density at radius 3 is 2.62 bits per heavy atom. The summed E-state index contributed by atoms with van der Waals surface area (Å²) in [5.41, 5.74) is 2.23. The second kappa shape index (κ2) is 6.44. The summed E-state index contributed by atoms with van der Waals surface area (Å²) in [6.45, 7) is 2.65. The van der Waals surface area contributed by atoms with Crippen LogP contribution < -0.4 is 10.6 Å². The van der Waals surface area contributed by atoms with E-state index in [1.165, 1.54) is 11.1 Å². The molecule has 2 N–H and O–H groups in total. The van der Waals surface area contributed by atoms with Crippen molar-refractivity contribution in [1.82, 2.24) is 10.6 Å². The van der Waals surface area contributed by atoms with Gasteiger partial charge in [-0.05, 0) is 31.4 Å². The second-order valence-corrected chi connectivity index (χ2v) is 6.15. The van der Waals surface area contributed by atoms with E-state index in [0.717, 1.165) is 45.2 Å². The molecule has 0 radical (unpaired) electrons. The van der Waals surface area contributed by atoms with Gasteiger partial charge in [-0.15, -0.1) is 0 Å². The first-order chi connectivity index (χ1) is 10.3. The van der Waals surface area contributed by atoms with Crippen molar-refractivity contribution in [1.29, 1.82) is 0 Å². The number of hydrogen-bond donors (Lipinski definition) is 2. The summed E-state index contributed by atoms with van der Waals surface area (Å²) in [5, 5.41) is 6.50. The lowest BCUT2D eigenvalue weighted by Gasteiger charge is -2.29. The molecule has 3 heteroatoms. The Bertz CT molecular complexity index is 515. The Morgan fingerprint density at radius 1 is 1.19 bits per heavy atom. The topological polar surface area (TPSA) is 41.1 Å². The summed E-state index contributed by atoms with van der Waals surface area (Å²) >= 11 is 0. The summed E-state index contributed by atoms with van der Waals surface area (Å²) in [5.74, 6) is 0.214. The Hall–Kier alpha value is -1.61. The number of benzene rings is 1. The number of nitrogens with one attached hydrogen (secondary N) is 2. The third kappa shape index (κ3) is 3.03. The van der Waals surface area contributed by atoms with Crippen molar-refractivity contribution in [2.45, 2.75) is 37.5 Å². The van der Waals surface area contributed by atoms with E-state index in [2.05, 4.69) is 28.8 Å². The minimum Gasteiger partial charge on any atom is -0.352 e. The highest BCUT2D eigenvalue weighted by atomic mass is 16.2. The molecule has 2 aliphatic rings. The Kier molecular flexibility index (Phi) is 4.39. The zero-order valence-electron chi connectivity index (χ0n) is 12.5. The van der Waals surface area contributed by atoms with Crippen LogP contribution in [-0.2, 0) is 10.2 Å². The maximum atomic E-state index is 12.9. The van der Waals surface area contributed by atoms with Crippen molar-refractivity contribution in [2.75, 3.05) is 19.6 Å². The smallest absolute Gasteiger partial charge is 0.230 e. The lowest BCUT2D eigenvalue weighted by molar-refractivity contribution is -0.126. The van der Waals surface area contributed by atoms with Crippen LogP contribution in [0.25, 0.3) is 0 Å². The van der Waals surface area contributed by atoms with Gasteiger partial charge in [0, 0.05) is 13.1 Å². The highest BCUT2D eigenvalue weighted by Crippen LogP contribution is 2.41. The number of carbonyl (C=O) groups excluding carboxylic acids is 1. The summed E-state index contributed by atoms with van der Waals surface area (Å²) < 4.78 is 0. The zero-order chi connectivity index (χ0) is 14.5. The molecule has 0 bridgehead atoms. The van der Waals surface area contributed by atoms with Gasteiger partial charge in [-0.3, -0.25) is 4.79 Å². The van der Waals surface area contributed by atoms with Gasteiger partial charge in [-0.2, -0.15) is 0 Å². The van der Waals surface area contributed by atoms with Crippen LogP contribution in [0.1, 0.15) is 37.7 Å². The lowest BCUT2D eigenvalue weighted by Crippen LogP contribution is -2.43. The molecule has 3 nitrogen and oxygen atoms in total. The molecule has 1 heterocycles. The van der Waals surface area contributed by atoms with Gasteiger partial charge in [0.2, 0.25) is 5.91 Å². The molecule has 1 aromatic rings. The molecule has 0 unspecified atom stereocenters. The van der Waals surface area contributed by atoms with Crippen LogP contribution in [0.5, 0.6) is 0 Å². The Labute approximate surface area is 126 Å². The monoisotopic (exact) mass is 284 g/mol.